The van der Waals surface area contributed by atoms with Crippen LogP contribution in [0.2, 0.25) is 0 Å². The Bertz CT molecular complexity index is 1110. The van der Waals surface area contributed by atoms with Crippen LogP contribution in [0.3, 0.4) is 0 Å². The molecule has 0 spiro atoms. The van der Waals surface area contributed by atoms with Crippen molar-refractivity contribution in [3.63, 3.8) is 0 Å². The maximum Gasteiger partial charge on any atom is 0.340 e. The van der Waals surface area contributed by atoms with E-state index in [2.05, 4.69) is 6.58 Å². The number of rotatable bonds is 9. The predicted octanol–water partition coefficient (Wildman–Crippen LogP) is 4.14. The second kappa shape index (κ2) is 10.5. The van der Waals surface area contributed by atoms with E-state index in [1.54, 1.807) is 49.3 Å². The first kappa shape index (κ1) is 23.7. The summed E-state index contributed by atoms with van der Waals surface area (Å²) in [5.41, 5.74) is 2.62. The molecule has 172 valence electrons. The number of nitrogens with zero attached hydrogens (tertiary/aromatic N) is 1. The number of carbonyl (C=O) groups excluding carboxylic acids is 2. The molecule has 2 aromatic carbocycles. The molecule has 2 aromatic rings. The fourth-order valence-electron chi connectivity index (χ4n) is 3.54. The maximum absolute atomic E-state index is 13.4. The van der Waals surface area contributed by atoms with E-state index in [0.717, 1.165) is 11.3 Å². The van der Waals surface area contributed by atoms with Crippen molar-refractivity contribution >= 4 is 18.0 Å². The standard InChI is InChI=1S/C26H27NO6/c1-6-13-33-22-12-9-19(15-23(22)31-4)14-21-24(26(29)32-5)17(2)27(25(21)28)16-18-7-10-20(30-3)11-8-18/h6-12,14-15H,1,13,16H2,2-5H3/b21-14-. The van der Waals surface area contributed by atoms with Gasteiger partial charge in [-0.2, -0.15) is 0 Å². The topological polar surface area (TPSA) is 74.3 Å². The van der Waals surface area contributed by atoms with Crippen LogP contribution >= 0.6 is 0 Å². The summed E-state index contributed by atoms with van der Waals surface area (Å²) in [4.78, 5) is 27.5. The lowest BCUT2D eigenvalue weighted by Crippen LogP contribution is -2.24. The zero-order valence-corrected chi connectivity index (χ0v) is 19.2. The fraction of sp³-hybridized carbons (Fsp3) is 0.231. The third kappa shape index (κ3) is 5.09. The highest BCUT2D eigenvalue weighted by Crippen LogP contribution is 2.35. The largest absolute Gasteiger partial charge is 0.497 e. The van der Waals surface area contributed by atoms with Crippen molar-refractivity contribution in [1.29, 1.82) is 0 Å². The highest BCUT2D eigenvalue weighted by molar-refractivity contribution is 6.16. The van der Waals surface area contributed by atoms with Crippen LogP contribution in [0.4, 0.5) is 0 Å². The second-order valence-electron chi connectivity index (χ2n) is 7.26. The zero-order chi connectivity index (χ0) is 24.0. The number of amides is 1. The molecule has 0 radical (unpaired) electrons. The van der Waals surface area contributed by atoms with Gasteiger partial charge in [-0.05, 0) is 48.4 Å². The molecule has 0 bridgehead atoms. The lowest BCUT2D eigenvalue weighted by molar-refractivity contribution is -0.136. The predicted molar refractivity (Wildman–Crippen MR) is 125 cm³/mol. The van der Waals surface area contributed by atoms with Gasteiger partial charge in [-0.1, -0.05) is 30.9 Å². The normalized spacial score (nSPS) is 14.5. The van der Waals surface area contributed by atoms with Gasteiger partial charge in [0.2, 0.25) is 0 Å². The van der Waals surface area contributed by atoms with Gasteiger partial charge in [0, 0.05) is 5.70 Å². The summed E-state index contributed by atoms with van der Waals surface area (Å²) < 4.78 is 21.2. The summed E-state index contributed by atoms with van der Waals surface area (Å²) >= 11 is 0. The van der Waals surface area contributed by atoms with Crippen LogP contribution in [0.5, 0.6) is 17.2 Å². The van der Waals surface area contributed by atoms with Crippen molar-refractivity contribution in [2.75, 3.05) is 27.9 Å². The molecule has 0 atom stereocenters. The maximum atomic E-state index is 13.4. The first-order valence-electron chi connectivity index (χ1n) is 10.3. The summed E-state index contributed by atoms with van der Waals surface area (Å²) in [5, 5.41) is 0. The van der Waals surface area contributed by atoms with Crippen LogP contribution in [-0.2, 0) is 20.9 Å². The molecule has 33 heavy (non-hydrogen) atoms. The number of hydrogen-bond donors (Lipinski definition) is 0. The Labute approximate surface area is 193 Å². The fourth-order valence-corrected chi connectivity index (χ4v) is 3.54. The Hall–Kier alpha value is -4.00. The number of allylic oxidation sites excluding steroid dienone is 1. The summed E-state index contributed by atoms with van der Waals surface area (Å²) in [6, 6.07) is 12.7. The molecule has 0 aliphatic carbocycles. The van der Waals surface area contributed by atoms with E-state index in [4.69, 9.17) is 18.9 Å². The van der Waals surface area contributed by atoms with Crippen LogP contribution in [0.1, 0.15) is 18.1 Å². The smallest absolute Gasteiger partial charge is 0.340 e. The quantitative estimate of drug-likeness (QED) is 0.325. The summed E-state index contributed by atoms with van der Waals surface area (Å²) in [5.74, 6) is 0.936. The molecule has 0 saturated carbocycles. The molecule has 7 nitrogen and oxygen atoms in total. The van der Waals surface area contributed by atoms with Crippen molar-refractivity contribution in [3.05, 3.63) is 83.1 Å². The van der Waals surface area contributed by atoms with E-state index in [0.29, 0.717) is 35.9 Å². The lowest BCUT2D eigenvalue weighted by Gasteiger charge is -2.18. The molecule has 3 rings (SSSR count). The Balaban J connectivity index is 1.97. The minimum Gasteiger partial charge on any atom is -0.497 e. The molecule has 7 heteroatoms. The van der Waals surface area contributed by atoms with E-state index in [-0.39, 0.29) is 17.1 Å². The zero-order valence-electron chi connectivity index (χ0n) is 19.2. The lowest BCUT2D eigenvalue weighted by atomic mass is 10.0. The molecule has 1 amide bonds. The van der Waals surface area contributed by atoms with Crippen molar-refractivity contribution in [3.8, 4) is 17.2 Å². The van der Waals surface area contributed by atoms with Gasteiger partial charge in [0.25, 0.3) is 5.91 Å². The molecule has 0 aromatic heterocycles. The summed E-state index contributed by atoms with van der Waals surface area (Å²) in [6.07, 6.45) is 3.30. The molecular weight excluding hydrogens is 422 g/mol. The van der Waals surface area contributed by atoms with Crippen LogP contribution < -0.4 is 14.2 Å². The van der Waals surface area contributed by atoms with Gasteiger partial charge in [0.1, 0.15) is 12.4 Å². The van der Waals surface area contributed by atoms with Crippen LogP contribution in [0.25, 0.3) is 6.08 Å². The molecule has 1 heterocycles. The Kier molecular flexibility index (Phi) is 7.56. The van der Waals surface area contributed by atoms with Gasteiger partial charge in [-0.15, -0.1) is 0 Å². The molecule has 0 N–H and O–H groups in total. The second-order valence-corrected chi connectivity index (χ2v) is 7.26. The highest BCUT2D eigenvalue weighted by atomic mass is 16.5. The number of hydrogen-bond acceptors (Lipinski definition) is 6. The number of methoxy groups -OCH3 is 3. The summed E-state index contributed by atoms with van der Waals surface area (Å²) in [7, 11) is 4.43. The molecule has 0 fully saturated rings. The van der Waals surface area contributed by atoms with Gasteiger partial charge >= 0.3 is 5.97 Å². The molecule has 1 aliphatic heterocycles. The third-order valence-electron chi connectivity index (χ3n) is 5.26. The average Bonchev–Trinajstić information content (AvgIpc) is 3.07. The SMILES string of the molecule is C=CCOc1ccc(/C=C2\C(=O)N(Cc3ccc(OC)cc3)C(C)=C2C(=O)OC)cc1OC. The van der Waals surface area contributed by atoms with E-state index in [1.807, 2.05) is 24.3 Å². The van der Waals surface area contributed by atoms with Gasteiger partial charge in [0.05, 0.1) is 39.0 Å². The Morgan fingerprint density at radius 1 is 1.03 bits per heavy atom. The minimum absolute atomic E-state index is 0.238. The van der Waals surface area contributed by atoms with Crippen LogP contribution in [0, 0.1) is 0 Å². The van der Waals surface area contributed by atoms with E-state index >= 15 is 0 Å². The van der Waals surface area contributed by atoms with Gasteiger partial charge in [0.15, 0.2) is 11.5 Å². The summed E-state index contributed by atoms with van der Waals surface area (Å²) in [6.45, 7) is 6.02. The first-order valence-corrected chi connectivity index (χ1v) is 10.3. The minimum atomic E-state index is -0.567. The Morgan fingerprint density at radius 3 is 2.36 bits per heavy atom. The third-order valence-corrected chi connectivity index (χ3v) is 5.26. The highest BCUT2D eigenvalue weighted by Gasteiger charge is 2.37. The Morgan fingerprint density at radius 2 is 1.76 bits per heavy atom. The van der Waals surface area contributed by atoms with E-state index < -0.39 is 5.97 Å². The molecular formula is C26H27NO6. The number of esters is 1. The van der Waals surface area contributed by atoms with Crippen molar-refractivity contribution in [1.82, 2.24) is 4.90 Å². The molecule has 0 unspecified atom stereocenters. The van der Waals surface area contributed by atoms with E-state index in [1.165, 1.54) is 14.2 Å². The first-order chi connectivity index (χ1) is 15.9. The van der Waals surface area contributed by atoms with Crippen molar-refractivity contribution in [2.24, 2.45) is 0 Å². The van der Waals surface area contributed by atoms with Gasteiger partial charge < -0.3 is 23.8 Å². The molecule has 0 saturated heterocycles. The average molecular weight is 450 g/mol. The monoisotopic (exact) mass is 449 g/mol. The van der Waals surface area contributed by atoms with E-state index in [9.17, 15) is 9.59 Å². The van der Waals surface area contributed by atoms with Crippen LogP contribution in [0.15, 0.2) is 72.0 Å². The van der Waals surface area contributed by atoms with Crippen molar-refractivity contribution < 1.29 is 28.5 Å². The number of carbonyl (C=O) groups is 2. The molecule has 1 aliphatic rings. The number of ether oxygens (including phenoxy) is 4. The van der Waals surface area contributed by atoms with Gasteiger partial charge in [-0.3, -0.25) is 4.79 Å². The van der Waals surface area contributed by atoms with Gasteiger partial charge in [-0.25, -0.2) is 4.79 Å². The van der Waals surface area contributed by atoms with Crippen molar-refractivity contribution in [2.45, 2.75) is 13.5 Å². The number of benzene rings is 2. The van der Waals surface area contributed by atoms with Crippen LogP contribution in [-0.4, -0.2) is 44.7 Å².